The van der Waals surface area contributed by atoms with E-state index < -0.39 is 5.97 Å². The van der Waals surface area contributed by atoms with Gasteiger partial charge >= 0.3 is 12.0 Å². The van der Waals surface area contributed by atoms with Crippen LogP contribution in [0.3, 0.4) is 0 Å². The number of nitrogens with zero attached hydrogens (tertiary/aromatic N) is 1. The van der Waals surface area contributed by atoms with E-state index in [-0.39, 0.29) is 39.0 Å². The van der Waals surface area contributed by atoms with Gasteiger partial charge in [-0.1, -0.05) is 0 Å². The summed E-state index contributed by atoms with van der Waals surface area (Å²) in [6, 6.07) is -0.290. The minimum atomic E-state index is -1.04. The second-order valence-corrected chi connectivity index (χ2v) is 3.44. The Hall–Kier alpha value is -1.38. The van der Waals surface area contributed by atoms with E-state index in [2.05, 4.69) is 5.32 Å². The first-order valence-electron chi connectivity index (χ1n) is 5.55. The molecule has 0 fully saturated rings. The average molecular weight is 264 g/mol. The molecule has 2 amide bonds. The molecule has 0 aromatic carbocycles. The van der Waals surface area contributed by atoms with Crippen LogP contribution < -0.4 is 5.32 Å². The molecule has 0 aromatic heterocycles. The number of urea groups is 1. The molecular formula is C10H20N2O6. The molecule has 0 spiro atoms. The minimum absolute atomic E-state index is 0.0448. The molecule has 0 bridgehead atoms. The third-order valence-electron chi connectivity index (χ3n) is 1.90. The number of hydrogen-bond donors (Lipinski definition) is 3. The lowest BCUT2D eigenvalue weighted by Crippen LogP contribution is -2.40. The van der Waals surface area contributed by atoms with E-state index in [1.165, 1.54) is 4.90 Å². The van der Waals surface area contributed by atoms with Crippen molar-refractivity contribution in [3.8, 4) is 0 Å². The number of likely N-dealkylation sites (N-methyl/N-ethyl adjacent to an activating group) is 1. The first-order chi connectivity index (χ1) is 8.57. The zero-order valence-electron chi connectivity index (χ0n) is 10.4. The molecule has 0 aliphatic carbocycles. The summed E-state index contributed by atoms with van der Waals surface area (Å²) in [5.74, 6) is -1.04. The fourth-order valence-electron chi connectivity index (χ4n) is 0.994. The lowest BCUT2D eigenvalue weighted by Gasteiger charge is -2.17. The van der Waals surface area contributed by atoms with E-state index in [0.717, 1.165) is 0 Å². The highest BCUT2D eigenvalue weighted by molar-refractivity contribution is 5.73. The number of carboxylic acids is 1. The molecule has 0 radical (unpaired) electrons. The maximum absolute atomic E-state index is 11.4. The number of carboxylic acid groups (broad SMARTS) is 1. The van der Waals surface area contributed by atoms with E-state index in [0.29, 0.717) is 13.2 Å². The number of carbonyl (C=O) groups excluding carboxylic acids is 1. The van der Waals surface area contributed by atoms with Crippen LogP contribution in [0.25, 0.3) is 0 Å². The summed E-state index contributed by atoms with van der Waals surface area (Å²) in [5, 5.41) is 19.3. The Balaban J connectivity index is 3.46. The van der Waals surface area contributed by atoms with Crippen molar-refractivity contribution in [3.05, 3.63) is 0 Å². The van der Waals surface area contributed by atoms with Gasteiger partial charge in [0, 0.05) is 20.1 Å². The fraction of sp³-hybridized carbons (Fsp3) is 0.800. The van der Waals surface area contributed by atoms with Crippen LogP contribution in [0, 0.1) is 0 Å². The Morgan fingerprint density at radius 2 is 1.94 bits per heavy atom. The second-order valence-electron chi connectivity index (χ2n) is 3.44. The van der Waals surface area contributed by atoms with Crippen molar-refractivity contribution in [2.45, 2.75) is 0 Å². The Bertz CT molecular complexity index is 249. The van der Waals surface area contributed by atoms with Gasteiger partial charge in [0.15, 0.2) is 0 Å². The van der Waals surface area contributed by atoms with E-state index in [9.17, 15) is 9.59 Å². The predicted octanol–water partition coefficient (Wildman–Crippen LogP) is -1.26. The first-order valence-corrected chi connectivity index (χ1v) is 5.55. The molecule has 0 rings (SSSR count). The van der Waals surface area contributed by atoms with Crippen LogP contribution in [0.5, 0.6) is 0 Å². The molecule has 0 aromatic rings. The lowest BCUT2D eigenvalue weighted by molar-refractivity contribution is -0.142. The molecular weight excluding hydrogens is 244 g/mol. The predicted molar refractivity (Wildman–Crippen MR) is 62.4 cm³/mol. The number of nitrogens with one attached hydrogen (secondary N) is 1. The van der Waals surface area contributed by atoms with Crippen molar-refractivity contribution in [2.75, 3.05) is 53.2 Å². The molecule has 18 heavy (non-hydrogen) atoms. The maximum Gasteiger partial charge on any atom is 0.329 e. The van der Waals surface area contributed by atoms with E-state index in [4.69, 9.17) is 19.7 Å². The largest absolute Gasteiger partial charge is 0.480 e. The van der Waals surface area contributed by atoms with Crippen molar-refractivity contribution in [1.29, 1.82) is 0 Å². The van der Waals surface area contributed by atoms with Crippen LogP contribution in [0.4, 0.5) is 4.79 Å². The van der Waals surface area contributed by atoms with Crippen molar-refractivity contribution < 1.29 is 29.3 Å². The van der Waals surface area contributed by atoms with Crippen LogP contribution in [-0.4, -0.2) is 80.3 Å². The van der Waals surface area contributed by atoms with Gasteiger partial charge in [0.05, 0.1) is 26.4 Å². The number of carbonyl (C=O) groups is 2. The number of hydrogen-bond acceptors (Lipinski definition) is 5. The van der Waals surface area contributed by atoms with Crippen molar-refractivity contribution in [2.24, 2.45) is 0 Å². The van der Waals surface area contributed by atoms with Crippen LogP contribution in [-0.2, 0) is 14.3 Å². The zero-order valence-corrected chi connectivity index (χ0v) is 10.4. The van der Waals surface area contributed by atoms with Crippen molar-refractivity contribution in [1.82, 2.24) is 10.2 Å². The number of rotatable bonds is 10. The van der Waals surface area contributed by atoms with Gasteiger partial charge in [-0.15, -0.1) is 0 Å². The van der Waals surface area contributed by atoms with Crippen LogP contribution in [0.15, 0.2) is 0 Å². The fourth-order valence-corrected chi connectivity index (χ4v) is 0.994. The molecule has 3 N–H and O–H groups in total. The zero-order chi connectivity index (χ0) is 13.8. The second kappa shape index (κ2) is 10.8. The third-order valence-corrected chi connectivity index (χ3v) is 1.90. The standard InChI is InChI=1S/C10H20N2O6/c1-12(3-6-17-7-4-13)10(16)11-2-5-18-8-9(14)15/h13H,2-8H2,1H3,(H,11,16)(H,14,15). The number of aliphatic hydroxyl groups excluding tert-OH is 1. The highest BCUT2D eigenvalue weighted by Crippen LogP contribution is 1.85. The molecule has 8 heteroatoms. The summed E-state index contributed by atoms with van der Waals surface area (Å²) in [5.41, 5.74) is 0. The summed E-state index contributed by atoms with van der Waals surface area (Å²) >= 11 is 0. The van der Waals surface area contributed by atoms with Crippen molar-refractivity contribution in [3.63, 3.8) is 0 Å². The number of aliphatic hydroxyl groups is 1. The molecule has 0 atom stereocenters. The first kappa shape index (κ1) is 16.6. The summed E-state index contributed by atoms with van der Waals surface area (Å²) < 4.78 is 9.76. The summed E-state index contributed by atoms with van der Waals surface area (Å²) in [6.07, 6.45) is 0. The van der Waals surface area contributed by atoms with Gasteiger partial charge in [-0.2, -0.15) is 0 Å². The Labute approximate surface area is 105 Å². The van der Waals surface area contributed by atoms with Gasteiger partial charge in [0.2, 0.25) is 0 Å². The molecule has 0 saturated heterocycles. The van der Waals surface area contributed by atoms with Crippen LogP contribution in [0.1, 0.15) is 0 Å². The van der Waals surface area contributed by atoms with E-state index >= 15 is 0 Å². The normalized spacial score (nSPS) is 10.1. The Morgan fingerprint density at radius 1 is 1.22 bits per heavy atom. The highest BCUT2D eigenvalue weighted by Gasteiger charge is 2.07. The topological polar surface area (TPSA) is 108 Å². The third kappa shape index (κ3) is 9.82. The quantitative estimate of drug-likeness (QED) is 0.425. The monoisotopic (exact) mass is 264 g/mol. The molecule has 8 nitrogen and oxygen atoms in total. The van der Waals surface area contributed by atoms with Crippen molar-refractivity contribution >= 4 is 12.0 Å². The summed E-state index contributed by atoms with van der Waals surface area (Å²) in [4.78, 5) is 23.0. The molecule has 106 valence electrons. The number of ether oxygens (including phenoxy) is 2. The number of amides is 2. The Morgan fingerprint density at radius 3 is 2.56 bits per heavy atom. The maximum atomic E-state index is 11.4. The molecule has 0 heterocycles. The van der Waals surface area contributed by atoms with Gasteiger partial charge in [0.25, 0.3) is 0 Å². The molecule has 0 aliphatic rings. The molecule has 0 unspecified atom stereocenters. The van der Waals surface area contributed by atoms with Gasteiger partial charge in [-0.3, -0.25) is 0 Å². The highest BCUT2D eigenvalue weighted by atomic mass is 16.5. The van der Waals surface area contributed by atoms with Gasteiger partial charge in [-0.05, 0) is 0 Å². The average Bonchev–Trinajstić information content (AvgIpc) is 2.33. The summed E-state index contributed by atoms with van der Waals surface area (Å²) in [7, 11) is 1.61. The minimum Gasteiger partial charge on any atom is -0.480 e. The van der Waals surface area contributed by atoms with Gasteiger partial charge in [-0.25, -0.2) is 9.59 Å². The molecule has 0 aliphatic heterocycles. The van der Waals surface area contributed by atoms with Gasteiger partial charge in [0.1, 0.15) is 6.61 Å². The van der Waals surface area contributed by atoms with Crippen LogP contribution in [0.2, 0.25) is 0 Å². The smallest absolute Gasteiger partial charge is 0.329 e. The number of aliphatic carboxylic acids is 1. The van der Waals surface area contributed by atoms with E-state index in [1.807, 2.05) is 0 Å². The van der Waals surface area contributed by atoms with E-state index in [1.54, 1.807) is 7.05 Å². The van der Waals surface area contributed by atoms with Crippen LogP contribution >= 0.6 is 0 Å². The summed E-state index contributed by atoms with van der Waals surface area (Å²) in [6.45, 7) is 0.971. The Kier molecular flexibility index (Phi) is 9.93. The lowest BCUT2D eigenvalue weighted by atomic mass is 10.6. The van der Waals surface area contributed by atoms with Gasteiger partial charge < -0.3 is 29.9 Å². The SMILES string of the molecule is CN(CCOCCO)C(=O)NCCOCC(=O)O. The molecule has 0 saturated carbocycles.